The van der Waals surface area contributed by atoms with Gasteiger partial charge in [0.25, 0.3) is 0 Å². The number of carbonyl (C=O) groups excluding carboxylic acids is 1. The maximum absolute atomic E-state index is 13.7. The van der Waals surface area contributed by atoms with Crippen molar-refractivity contribution < 1.29 is 32.4 Å². The number of phosphoric ester groups is 1. The Hall–Kier alpha value is -2.96. The number of fused-ring (bicyclic) bond motifs is 2. The van der Waals surface area contributed by atoms with Crippen LogP contribution in [-0.4, -0.2) is 38.6 Å². The molecule has 0 saturated heterocycles. The minimum atomic E-state index is -4.14. The van der Waals surface area contributed by atoms with Gasteiger partial charge in [-0.05, 0) is 57.0 Å². The zero-order chi connectivity index (χ0) is 26.9. The summed E-state index contributed by atoms with van der Waals surface area (Å²) < 4.78 is 41.4. The first kappa shape index (κ1) is 28.6. The molecular formula is C26H31N2O7PS. The van der Waals surface area contributed by atoms with Crippen molar-refractivity contribution in [2.45, 2.75) is 49.0 Å². The lowest BCUT2D eigenvalue weighted by molar-refractivity contribution is 0.0525. The number of carbonyl (C=O) groups is 1. The minimum Gasteiger partial charge on any atom is -0.496 e. The molecule has 198 valence electrons. The minimum absolute atomic E-state index is 0.0129. The van der Waals surface area contributed by atoms with Gasteiger partial charge in [0.15, 0.2) is 0 Å². The zero-order valence-corrected chi connectivity index (χ0v) is 23.0. The SMILES string of the molecule is COc1cccc2c1Sc1ccccc1C=C2OP(=O)(OCCC#N)OCCCNC(=O)OC(C)(C)C. The second-order valence-corrected chi connectivity index (χ2v) is 11.5. The lowest BCUT2D eigenvalue weighted by Gasteiger charge is -2.21. The second-order valence-electron chi connectivity index (χ2n) is 8.88. The number of alkyl carbamates (subject to hydrolysis) is 1. The third kappa shape index (κ3) is 8.54. The summed E-state index contributed by atoms with van der Waals surface area (Å²) in [4.78, 5) is 13.6. The fourth-order valence-corrected chi connectivity index (χ4v) is 5.62. The van der Waals surface area contributed by atoms with E-state index in [9.17, 15) is 9.36 Å². The first-order chi connectivity index (χ1) is 17.6. The third-order valence-corrected chi connectivity index (χ3v) is 7.43. The molecule has 1 unspecified atom stereocenters. The summed E-state index contributed by atoms with van der Waals surface area (Å²) in [6.45, 7) is 5.40. The number of nitrogens with one attached hydrogen (secondary N) is 1. The smallest absolute Gasteiger partial charge is 0.496 e. The fourth-order valence-electron chi connectivity index (χ4n) is 3.24. The molecule has 0 radical (unpaired) electrons. The number of benzene rings is 2. The van der Waals surface area contributed by atoms with E-state index >= 15 is 0 Å². The van der Waals surface area contributed by atoms with Crippen molar-refractivity contribution in [3.63, 3.8) is 0 Å². The van der Waals surface area contributed by atoms with Crippen molar-refractivity contribution in [3.05, 3.63) is 53.6 Å². The lowest BCUT2D eigenvalue weighted by atomic mass is 10.1. The number of nitrogens with zero attached hydrogens (tertiary/aromatic N) is 1. The molecular weight excluding hydrogens is 515 g/mol. The van der Waals surface area contributed by atoms with Crippen LogP contribution in [0.2, 0.25) is 0 Å². The van der Waals surface area contributed by atoms with E-state index in [0.29, 0.717) is 23.5 Å². The van der Waals surface area contributed by atoms with E-state index in [4.69, 9.17) is 28.3 Å². The Balaban J connectivity index is 1.79. The summed E-state index contributed by atoms with van der Waals surface area (Å²) in [5.41, 5.74) is 0.923. The van der Waals surface area contributed by atoms with E-state index in [1.165, 1.54) is 11.8 Å². The summed E-state index contributed by atoms with van der Waals surface area (Å²) in [5, 5.41) is 11.5. The van der Waals surface area contributed by atoms with Crippen molar-refractivity contribution >= 4 is 37.5 Å². The molecule has 1 aliphatic rings. The molecule has 0 aliphatic carbocycles. The van der Waals surface area contributed by atoms with Gasteiger partial charge in [-0.25, -0.2) is 9.36 Å². The van der Waals surface area contributed by atoms with Gasteiger partial charge in [0, 0.05) is 17.0 Å². The van der Waals surface area contributed by atoms with E-state index < -0.39 is 19.5 Å². The summed E-state index contributed by atoms with van der Waals surface area (Å²) in [6.07, 6.45) is 1.57. The van der Waals surface area contributed by atoms with Gasteiger partial charge in [0.2, 0.25) is 0 Å². The standard InChI is InChI=1S/C26H31N2O7PS/c1-26(2,3)34-25(29)28-15-9-17-33-36(30,32-16-8-14-27)35-22-18-19-10-5-6-13-23(19)37-24-20(22)11-7-12-21(24)31-4/h5-7,10-13,18H,8-9,15-17H2,1-4H3,(H,28,29). The number of hydrogen-bond donors (Lipinski definition) is 1. The Kier molecular flexibility index (Phi) is 10.1. The summed E-state index contributed by atoms with van der Waals surface area (Å²) >= 11 is 1.51. The summed E-state index contributed by atoms with van der Waals surface area (Å²) in [5.74, 6) is 0.932. The average molecular weight is 547 g/mol. The molecule has 9 nitrogen and oxygen atoms in total. The first-order valence-corrected chi connectivity index (χ1v) is 14.0. The third-order valence-electron chi connectivity index (χ3n) is 4.79. The van der Waals surface area contributed by atoms with Gasteiger partial charge >= 0.3 is 13.9 Å². The van der Waals surface area contributed by atoms with Crippen molar-refractivity contribution in [1.82, 2.24) is 5.32 Å². The van der Waals surface area contributed by atoms with E-state index in [1.54, 1.807) is 34.0 Å². The molecule has 37 heavy (non-hydrogen) atoms. The van der Waals surface area contributed by atoms with Crippen LogP contribution in [-0.2, 0) is 22.9 Å². The first-order valence-electron chi connectivity index (χ1n) is 11.7. The number of rotatable bonds is 11. The average Bonchev–Trinajstić information content (AvgIpc) is 2.99. The Morgan fingerprint density at radius 2 is 1.86 bits per heavy atom. The van der Waals surface area contributed by atoms with Gasteiger partial charge in [-0.2, -0.15) is 5.26 Å². The van der Waals surface area contributed by atoms with Crippen molar-refractivity contribution in [1.29, 1.82) is 5.26 Å². The van der Waals surface area contributed by atoms with Crippen LogP contribution in [0, 0.1) is 11.3 Å². The van der Waals surface area contributed by atoms with Crippen LogP contribution in [0.3, 0.4) is 0 Å². The van der Waals surface area contributed by atoms with Gasteiger partial charge in [0.1, 0.15) is 17.1 Å². The number of nitriles is 1. The number of phosphoric acid groups is 1. The van der Waals surface area contributed by atoms with Crippen LogP contribution >= 0.6 is 19.6 Å². The Bertz CT molecular complexity index is 1220. The number of amides is 1. The normalized spacial score (nSPS) is 14.1. The van der Waals surface area contributed by atoms with E-state index in [-0.39, 0.29) is 26.2 Å². The second kappa shape index (κ2) is 13.0. The highest BCUT2D eigenvalue weighted by atomic mass is 32.2. The van der Waals surface area contributed by atoms with Crippen LogP contribution < -0.4 is 10.1 Å². The largest absolute Gasteiger partial charge is 0.530 e. The molecule has 0 spiro atoms. The maximum Gasteiger partial charge on any atom is 0.530 e. The molecule has 0 saturated carbocycles. The maximum atomic E-state index is 13.7. The molecule has 11 heteroatoms. The Labute approximate surface area is 221 Å². The number of methoxy groups -OCH3 is 1. The fraction of sp³-hybridized carbons (Fsp3) is 0.385. The number of ether oxygens (including phenoxy) is 2. The Morgan fingerprint density at radius 3 is 2.59 bits per heavy atom. The molecule has 1 heterocycles. The highest BCUT2D eigenvalue weighted by Gasteiger charge is 2.32. The van der Waals surface area contributed by atoms with Crippen LogP contribution in [0.5, 0.6) is 5.75 Å². The topological polar surface area (TPSA) is 116 Å². The van der Waals surface area contributed by atoms with Gasteiger partial charge in [-0.1, -0.05) is 36.0 Å². The van der Waals surface area contributed by atoms with Crippen LogP contribution in [0.1, 0.15) is 44.7 Å². The molecule has 0 aromatic heterocycles. The number of hydrogen-bond acceptors (Lipinski definition) is 9. The molecule has 1 atom stereocenters. The van der Waals surface area contributed by atoms with Gasteiger partial charge < -0.3 is 19.3 Å². The predicted octanol–water partition coefficient (Wildman–Crippen LogP) is 6.64. The van der Waals surface area contributed by atoms with E-state index in [1.807, 2.05) is 48.5 Å². The van der Waals surface area contributed by atoms with E-state index in [2.05, 4.69) is 5.32 Å². The van der Waals surface area contributed by atoms with Crippen LogP contribution in [0.25, 0.3) is 11.8 Å². The van der Waals surface area contributed by atoms with E-state index in [0.717, 1.165) is 15.4 Å². The molecule has 1 N–H and O–H groups in total. The highest BCUT2D eigenvalue weighted by Crippen LogP contribution is 2.56. The molecule has 1 amide bonds. The van der Waals surface area contributed by atoms with Gasteiger partial charge in [-0.15, -0.1) is 0 Å². The van der Waals surface area contributed by atoms with Crippen molar-refractivity contribution in [2.75, 3.05) is 26.9 Å². The van der Waals surface area contributed by atoms with Crippen molar-refractivity contribution in [2.24, 2.45) is 0 Å². The van der Waals surface area contributed by atoms with Crippen molar-refractivity contribution in [3.8, 4) is 11.8 Å². The molecule has 2 aromatic carbocycles. The molecule has 3 rings (SSSR count). The molecule has 2 aromatic rings. The molecule has 0 fully saturated rings. The highest BCUT2D eigenvalue weighted by molar-refractivity contribution is 7.99. The summed E-state index contributed by atoms with van der Waals surface area (Å²) in [6, 6.07) is 15.2. The van der Waals surface area contributed by atoms with Gasteiger partial charge in [-0.3, -0.25) is 9.05 Å². The Morgan fingerprint density at radius 1 is 1.11 bits per heavy atom. The molecule has 1 aliphatic heterocycles. The monoisotopic (exact) mass is 546 g/mol. The zero-order valence-electron chi connectivity index (χ0n) is 21.3. The van der Waals surface area contributed by atoms with Crippen LogP contribution in [0.4, 0.5) is 4.79 Å². The lowest BCUT2D eigenvalue weighted by Crippen LogP contribution is -2.33. The van der Waals surface area contributed by atoms with Gasteiger partial charge in [0.05, 0.1) is 37.7 Å². The quantitative estimate of drug-likeness (QED) is 0.244. The summed E-state index contributed by atoms with van der Waals surface area (Å²) in [7, 11) is -2.55. The predicted molar refractivity (Wildman–Crippen MR) is 141 cm³/mol. The van der Waals surface area contributed by atoms with Crippen LogP contribution in [0.15, 0.2) is 52.3 Å². The molecule has 0 bridgehead atoms.